The molecule has 0 aliphatic rings. The number of methoxy groups -OCH3 is 1. The van der Waals surface area contributed by atoms with Gasteiger partial charge in [0.1, 0.15) is 5.69 Å². The minimum atomic E-state index is -1.67. The van der Waals surface area contributed by atoms with Gasteiger partial charge >= 0.3 is 5.97 Å². The van der Waals surface area contributed by atoms with Crippen LogP contribution in [-0.2, 0) is 14.5 Å². The molecule has 0 amide bonds. The summed E-state index contributed by atoms with van der Waals surface area (Å²) in [4.78, 5) is 9.81. The number of thioether (sulfide) groups is 1. The predicted octanol–water partition coefficient (Wildman–Crippen LogP) is 3.90. The van der Waals surface area contributed by atoms with E-state index in [4.69, 9.17) is 32.5 Å². The van der Waals surface area contributed by atoms with E-state index in [0.29, 0.717) is 21.3 Å². The van der Waals surface area contributed by atoms with Gasteiger partial charge in [-0.15, -0.1) is 11.8 Å². The number of ether oxygens (including phenoxy) is 1. The summed E-state index contributed by atoms with van der Waals surface area (Å²) in [7, 11) is 1.29. The lowest BCUT2D eigenvalue weighted by atomic mass is 10.1. The number of aliphatic carboxylic acids is 1. The lowest BCUT2D eigenvalue weighted by molar-refractivity contribution is -0.154. The van der Waals surface area contributed by atoms with E-state index in [1.165, 1.54) is 13.2 Å². The fourth-order valence-corrected chi connectivity index (χ4v) is 3.08. The third kappa shape index (κ3) is 2.76. The number of carboxylic acid groups (broad SMARTS) is 1. The van der Waals surface area contributed by atoms with Crippen molar-refractivity contribution < 1.29 is 19.2 Å². The van der Waals surface area contributed by atoms with Gasteiger partial charge in [0.05, 0.1) is 10.0 Å². The molecule has 2 rings (SSSR count). The number of carboxylic acids is 1. The SMILES string of the molecule is CO[C@](SC)(C(=O)O)c1cc(-c2c(Cl)cccc2Cl)no1. The molecule has 0 saturated carbocycles. The minimum absolute atomic E-state index is 0.0518. The summed E-state index contributed by atoms with van der Waals surface area (Å²) < 4.78 is 10.3. The number of benzene rings is 1. The summed E-state index contributed by atoms with van der Waals surface area (Å²) in [5.74, 6) is -1.14. The molecule has 0 bridgehead atoms. The van der Waals surface area contributed by atoms with Crippen LogP contribution in [0.5, 0.6) is 0 Å². The summed E-state index contributed by atoms with van der Waals surface area (Å²) in [6, 6.07) is 6.48. The normalized spacial score (nSPS) is 13.9. The van der Waals surface area contributed by atoms with E-state index >= 15 is 0 Å². The number of hydrogen-bond donors (Lipinski definition) is 1. The van der Waals surface area contributed by atoms with Gasteiger partial charge in [-0.2, -0.15) is 0 Å². The van der Waals surface area contributed by atoms with Crippen molar-refractivity contribution in [2.24, 2.45) is 0 Å². The zero-order chi connectivity index (χ0) is 15.6. The molecular formula is C13H11Cl2NO4S. The van der Waals surface area contributed by atoms with Crippen LogP contribution in [0.1, 0.15) is 5.76 Å². The van der Waals surface area contributed by atoms with Gasteiger partial charge < -0.3 is 14.4 Å². The highest BCUT2D eigenvalue weighted by Gasteiger charge is 2.44. The average molecular weight is 348 g/mol. The first-order chi connectivity index (χ1) is 9.96. The molecule has 0 fully saturated rings. The molecule has 1 N–H and O–H groups in total. The molecule has 1 aromatic carbocycles. The van der Waals surface area contributed by atoms with Crippen LogP contribution in [0.2, 0.25) is 10.0 Å². The van der Waals surface area contributed by atoms with Crippen LogP contribution in [0, 0.1) is 0 Å². The van der Waals surface area contributed by atoms with Crippen LogP contribution in [0.3, 0.4) is 0 Å². The lowest BCUT2D eigenvalue weighted by Crippen LogP contribution is -2.33. The number of hydrogen-bond acceptors (Lipinski definition) is 5. The van der Waals surface area contributed by atoms with Gasteiger partial charge in [0, 0.05) is 18.7 Å². The van der Waals surface area contributed by atoms with Crippen LogP contribution in [0.15, 0.2) is 28.8 Å². The molecule has 112 valence electrons. The minimum Gasteiger partial charge on any atom is -0.478 e. The second-order valence-corrected chi connectivity index (χ2v) is 5.80. The van der Waals surface area contributed by atoms with E-state index in [1.807, 2.05) is 0 Å². The van der Waals surface area contributed by atoms with Crippen LogP contribution < -0.4 is 0 Å². The Morgan fingerprint density at radius 2 is 2.05 bits per heavy atom. The summed E-state index contributed by atoms with van der Waals surface area (Å²) >= 11 is 13.2. The van der Waals surface area contributed by atoms with Crippen LogP contribution >= 0.6 is 35.0 Å². The van der Waals surface area contributed by atoms with Crippen molar-refractivity contribution in [2.45, 2.75) is 4.93 Å². The zero-order valence-electron chi connectivity index (χ0n) is 11.1. The summed E-state index contributed by atoms with van der Waals surface area (Å²) in [5.41, 5.74) is 0.824. The fourth-order valence-electron chi connectivity index (χ4n) is 1.86. The van der Waals surface area contributed by atoms with Crippen molar-refractivity contribution in [1.29, 1.82) is 0 Å². The first-order valence-electron chi connectivity index (χ1n) is 5.71. The summed E-state index contributed by atoms with van der Waals surface area (Å²) in [5, 5.41) is 14.0. The number of carbonyl (C=O) groups is 1. The summed E-state index contributed by atoms with van der Waals surface area (Å²) in [6.07, 6.45) is 1.60. The number of rotatable bonds is 5. The zero-order valence-corrected chi connectivity index (χ0v) is 13.4. The summed E-state index contributed by atoms with van der Waals surface area (Å²) in [6.45, 7) is 0. The second-order valence-electron chi connectivity index (χ2n) is 4.00. The van der Waals surface area contributed by atoms with Gasteiger partial charge in [0.15, 0.2) is 5.76 Å². The van der Waals surface area contributed by atoms with Gasteiger partial charge in [-0.05, 0) is 18.4 Å². The standard InChI is InChI=1S/C13H11Cl2NO4S/c1-19-13(21-2,12(17)18)10-6-9(16-20-10)11-7(14)4-3-5-8(11)15/h3-6H,1-2H3,(H,17,18)/t13-/m1/s1. The Labute approximate surface area is 135 Å². The van der Waals surface area contributed by atoms with Crippen LogP contribution in [-0.4, -0.2) is 29.6 Å². The quantitative estimate of drug-likeness (QED) is 0.827. The Hall–Kier alpha value is -1.21. The molecule has 8 heteroatoms. The monoisotopic (exact) mass is 347 g/mol. The van der Waals surface area contributed by atoms with E-state index < -0.39 is 10.9 Å². The smallest absolute Gasteiger partial charge is 0.355 e. The highest BCUT2D eigenvalue weighted by atomic mass is 35.5. The van der Waals surface area contributed by atoms with Crippen molar-refractivity contribution in [3.63, 3.8) is 0 Å². The molecule has 0 radical (unpaired) electrons. The maximum absolute atomic E-state index is 11.5. The molecule has 0 saturated heterocycles. The lowest BCUT2D eigenvalue weighted by Gasteiger charge is -2.21. The van der Waals surface area contributed by atoms with E-state index in [2.05, 4.69) is 5.16 Å². The third-order valence-corrected chi connectivity index (χ3v) is 4.66. The second kappa shape index (κ2) is 6.27. The number of nitrogens with zero attached hydrogens (tertiary/aromatic N) is 1. The molecule has 0 aliphatic carbocycles. The maximum Gasteiger partial charge on any atom is 0.355 e. The van der Waals surface area contributed by atoms with E-state index in [1.54, 1.807) is 24.5 Å². The maximum atomic E-state index is 11.5. The highest BCUT2D eigenvalue weighted by molar-refractivity contribution is 8.00. The van der Waals surface area contributed by atoms with Crippen molar-refractivity contribution in [1.82, 2.24) is 5.16 Å². The molecule has 1 atom stereocenters. The van der Waals surface area contributed by atoms with Crippen molar-refractivity contribution in [3.05, 3.63) is 40.1 Å². The van der Waals surface area contributed by atoms with Crippen molar-refractivity contribution in [3.8, 4) is 11.3 Å². The van der Waals surface area contributed by atoms with Gasteiger partial charge in [-0.1, -0.05) is 34.4 Å². The Bertz CT molecular complexity index is 650. The van der Waals surface area contributed by atoms with Crippen LogP contribution in [0.4, 0.5) is 0 Å². The first-order valence-corrected chi connectivity index (χ1v) is 7.69. The van der Waals surface area contributed by atoms with Gasteiger partial charge in [0.2, 0.25) is 0 Å². The molecule has 1 heterocycles. The Balaban J connectivity index is 2.54. The molecule has 0 unspecified atom stereocenters. The average Bonchev–Trinajstić information content (AvgIpc) is 2.90. The van der Waals surface area contributed by atoms with E-state index in [-0.39, 0.29) is 5.76 Å². The Morgan fingerprint density at radius 3 is 2.52 bits per heavy atom. The largest absolute Gasteiger partial charge is 0.478 e. The first kappa shape index (κ1) is 16.2. The predicted molar refractivity (Wildman–Crippen MR) is 81.8 cm³/mol. The number of aromatic nitrogens is 1. The topological polar surface area (TPSA) is 72.6 Å². The van der Waals surface area contributed by atoms with E-state index in [0.717, 1.165) is 11.8 Å². The molecular weight excluding hydrogens is 337 g/mol. The van der Waals surface area contributed by atoms with E-state index in [9.17, 15) is 9.90 Å². The number of halogens is 2. The molecule has 5 nitrogen and oxygen atoms in total. The van der Waals surface area contributed by atoms with Gasteiger partial charge in [-0.3, -0.25) is 0 Å². The molecule has 0 spiro atoms. The highest BCUT2D eigenvalue weighted by Crippen LogP contribution is 2.40. The van der Waals surface area contributed by atoms with Crippen molar-refractivity contribution >= 4 is 40.9 Å². The van der Waals surface area contributed by atoms with Gasteiger partial charge in [0.25, 0.3) is 4.93 Å². The Morgan fingerprint density at radius 1 is 1.43 bits per heavy atom. The fraction of sp³-hybridized carbons (Fsp3) is 0.231. The Kier molecular flexibility index (Phi) is 4.83. The molecule has 1 aromatic heterocycles. The van der Waals surface area contributed by atoms with Crippen LogP contribution in [0.25, 0.3) is 11.3 Å². The molecule has 21 heavy (non-hydrogen) atoms. The third-order valence-electron chi connectivity index (χ3n) is 2.91. The molecule has 0 aliphatic heterocycles. The molecule has 2 aromatic rings. The van der Waals surface area contributed by atoms with Gasteiger partial charge in [-0.25, -0.2) is 4.79 Å². The van der Waals surface area contributed by atoms with Crippen molar-refractivity contribution in [2.75, 3.05) is 13.4 Å².